The van der Waals surface area contributed by atoms with E-state index in [9.17, 15) is 22.4 Å². The molecule has 1 aromatic carbocycles. The molecule has 0 radical (unpaired) electrons. The largest absolute Gasteiger partial charge is 0.434 e. The maximum absolute atomic E-state index is 13.0. The lowest BCUT2D eigenvalue weighted by Crippen LogP contribution is -2.16. The van der Waals surface area contributed by atoms with Gasteiger partial charge in [0.25, 0.3) is 0 Å². The summed E-state index contributed by atoms with van der Waals surface area (Å²) >= 11 is 0. The molecule has 0 bridgehead atoms. The fourth-order valence-electron chi connectivity index (χ4n) is 1.66. The lowest BCUT2D eigenvalue weighted by molar-refractivity contribution is -0.143. The van der Waals surface area contributed by atoms with Gasteiger partial charge in [-0.2, -0.15) is 18.3 Å². The highest BCUT2D eigenvalue weighted by Crippen LogP contribution is 2.33. The van der Waals surface area contributed by atoms with Crippen molar-refractivity contribution in [3.8, 4) is 5.69 Å². The molecule has 0 saturated carbocycles. The molecular formula is C12H8F4N2O. The van der Waals surface area contributed by atoms with Gasteiger partial charge in [0.2, 0.25) is 0 Å². The number of halogens is 4. The molecule has 2 rings (SSSR count). The molecule has 0 spiro atoms. The van der Waals surface area contributed by atoms with Crippen LogP contribution in [0.2, 0.25) is 0 Å². The zero-order valence-corrected chi connectivity index (χ0v) is 9.70. The molecule has 1 aromatic heterocycles. The summed E-state index contributed by atoms with van der Waals surface area (Å²) in [6.45, 7) is 1.03. The summed E-state index contributed by atoms with van der Waals surface area (Å²) in [5.74, 6) is -1.31. The SMILES string of the molecule is CC(=O)c1cnn(-c2ccc(F)cc2)c1C(F)(F)F. The van der Waals surface area contributed by atoms with Crippen LogP contribution in [-0.2, 0) is 6.18 Å². The average molecular weight is 272 g/mol. The van der Waals surface area contributed by atoms with Gasteiger partial charge in [0, 0.05) is 0 Å². The van der Waals surface area contributed by atoms with Crippen LogP contribution in [0, 0.1) is 5.82 Å². The molecule has 0 aliphatic carbocycles. The third kappa shape index (κ3) is 2.49. The zero-order valence-electron chi connectivity index (χ0n) is 9.70. The van der Waals surface area contributed by atoms with Crippen molar-refractivity contribution >= 4 is 5.78 Å². The number of carbonyl (C=O) groups excluding carboxylic acids is 1. The Kier molecular flexibility index (Phi) is 3.13. The van der Waals surface area contributed by atoms with Crippen molar-refractivity contribution in [2.75, 3.05) is 0 Å². The van der Waals surface area contributed by atoms with Crippen molar-refractivity contribution in [2.24, 2.45) is 0 Å². The molecule has 100 valence electrons. The predicted octanol–water partition coefficient (Wildman–Crippen LogP) is 3.23. The van der Waals surface area contributed by atoms with Crippen LogP contribution >= 0.6 is 0 Å². The minimum Gasteiger partial charge on any atom is -0.294 e. The van der Waals surface area contributed by atoms with Crippen LogP contribution in [0.4, 0.5) is 17.6 Å². The first-order valence-corrected chi connectivity index (χ1v) is 5.23. The van der Waals surface area contributed by atoms with Crippen molar-refractivity contribution in [2.45, 2.75) is 13.1 Å². The van der Waals surface area contributed by atoms with Crippen LogP contribution in [0.1, 0.15) is 23.0 Å². The average Bonchev–Trinajstić information content (AvgIpc) is 2.74. The summed E-state index contributed by atoms with van der Waals surface area (Å²) in [6.07, 6.45) is -3.87. The third-order valence-electron chi connectivity index (χ3n) is 2.49. The second kappa shape index (κ2) is 4.49. The minimum atomic E-state index is -4.73. The maximum atomic E-state index is 13.0. The number of benzene rings is 1. The molecule has 0 amide bonds. The Morgan fingerprint density at radius 2 is 1.79 bits per heavy atom. The third-order valence-corrected chi connectivity index (χ3v) is 2.49. The Bertz CT molecular complexity index is 614. The van der Waals surface area contributed by atoms with Gasteiger partial charge < -0.3 is 0 Å². The molecule has 0 atom stereocenters. The number of alkyl halides is 3. The van der Waals surface area contributed by atoms with Gasteiger partial charge in [-0.25, -0.2) is 9.07 Å². The van der Waals surface area contributed by atoms with E-state index in [2.05, 4.69) is 5.10 Å². The van der Waals surface area contributed by atoms with Crippen LogP contribution < -0.4 is 0 Å². The van der Waals surface area contributed by atoms with Gasteiger partial charge in [0.15, 0.2) is 11.5 Å². The van der Waals surface area contributed by atoms with Gasteiger partial charge in [-0.05, 0) is 31.2 Å². The van der Waals surface area contributed by atoms with E-state index in [0.29, 0.717) is 4.68 Å². The first kappa shape index (κ1) is 13.3. The predicted molar refractivity (Wildman–Crippen MR) is 58.5 cm³/mol. The molecule has 0 aliphatic rings. The fraction of sp³-hybridized carbons (Fsp3) is 0.167. The topological polar surface area (TPSA) is 34.9 Å². The van der Waals surface area contributed by atoms with E-state index < -0.39 is 29.0 Å². The normalized spacial score (nSPS) is 11.6. The van der Waals surface area contributed by atoms with Crippen LogP contribution in [0.15, 0.2) is 30.5 Å². The molecule has 0 fully saturated rings. The van der Waals surface area contributed by atoms with Gasteiger partial charge in [-0.3, -0.25) is 4.79 Å². The quantitative estimate of drug-likeness (QED) is 0.621. The number of aromatic nitrogens is 2. The molecule has 1 heterocycles. The van der Waals surface area contributed by atoms with Crippen LogP contribution in [0.25, 0.3) is 5.69 Å². The van der Waals surface area contributed by atoms with Gasteiger partial charge in [-0.15, -0.1) is 0 Å². The smallest absolute Gasteiger partial charge is 0.294 e. The van der Waals surface area contributed by atoms with E-state index in [1.165, 1.54) is 0 Å². The number of ketones is 1. The monoisotopic (exact) mass is 272 g/mol. The first-order valence-electron chi connectivity index (χ1n) is 5.23. The molecule has 2 aromatic rings. The highest BCUT2D eigenvalue weighted by atomic mass is 19.4. The number of hydrogen-bond donors (Lipinski definition) is 0. The highest BCUT2D eigenvalue weighted by molar-refractivity contribution is 5.95. The molecule has 0 unspecified atom stereocenters. The standard InChI is InChI=1S/C12H8F4N2O/c1-7(19)10-6-17-18(11(10)12(14,15)16)9-4-2-8(13)3-5-9/h2-6H,1H3. The molecule has 0 aliphatic heterocycles. The van der Waals surface area contributed by atoms with Crippen molar-refractivity contribution in [1.82, 2.24) is 9.78 Å². The Morgan fingerprint density at radius 1 is 1.21 bits per heavy atom. The van der Waals surface area contributed by atoms with Crippen LogP contribution in [0.5, 0.6) is 0 Å². The van der Waals surface area contributed by atoms with Gasteiger partial charge >= 0.3 is 6.18 Å². The summed E-state index contributed by atoms with van der Waals surface area (Å²) in [7, 11) is 0. The Hall–Kier alpha value is -2.18. The number of hydrogen-bond acceptors (Lipinski definition) is 2. The zero-order chi connectivity index (χ0) is 14.2. The summed E-state index contributed by atoms with van der Waals surface area (Å²) in [5.41, 5.74) is -1.65. The summed E-state index contributed by atoms with van der Waals surface area (Å²) in [5, 5.41) is 3.56. The van der Waals surface area contributed by atoms with Crippen LogP contribution in [-0.4, -0.2) is 15.6 Å². The number of rotatable bonds is 2. The van der Waals surface area contributed by atoms with E-state index in [-0.39, 0.29) is 5.69 Å². The molecule has 19 heavy (non-hydrogen) atoms. The summed E-state index contributed by atoms with van der Waals surface area (Å²) in [4.78, 5) is 11.2. The summed E-state index contributed by atoms with van der Waals surface area (Å²) in [6, 6.07) is 4.35. The molecular weight excluding hydrogens is 264 g/mol. The minimum absolute atomic E-state index is 0.0289. The Morgan fingerprint density at radius 3 is 2.26 bits per heavy atom. The fourth-order valence-corrected chi connectivity index (χ4v) is 1.66. The molecule has 0 N–H and O–H groups in total. The lowest BCUT2D eigenvalue weighted by Gasteiger charge is -2.11. The summed E-state index contributed by atoms with van der Waals surface area (Å²) < 4.78 is 52.3. The van der Waals surface area contributed by atoms with E-state index in [1.807, 2.05) is 0 Å². The van der Waals surface area contributed by atoms with E-state index in [4.69, 9.17) is 0 Å². The number of Topliss-reactive ketones (excluding diaryl/α,β-unsaturated/α-hetero) is 1. The Balaban J connectivity index is 2.64. The van der Waals surface area contributed by atoms with Gasteiger partial charge in [-0.1, -0.05) is 0 Å². The van der Waals surface area contributed by atoms with Crippen molar-refractivity contribution < 1.29 is 22.4 Å². The van der Waals surface area contributed by atoms with Crippen molar-refractivity contribution in [1.29, 1.82) is 0 Å². The second-order valence-corrected chi connectivity index (χ2v) is 3.85. The van der Waals surface area contributed by atoms with E-state index in [0.717, 1.165) is 37.4 Å². The first-order chi connectivity index (χ1) is 8.80. The highest BCUT2D eigenvalue weighted by Gasteiger charge is 2.39. The van der Waals surface area contributed by atoms with E-state index in [1.54, 1.807) is 0 Å². The van der Waals surface area contributed by atoms with E-state index >= 15 is 0 Å². The van der Waals surface area contributed by atoms with Crippen molar-refractivity contribution in [3.63, 3.8) is 0 Å². The molecule has 0 saturated heterocycles. The van der Waals surface area contributed by atoms with Gasteiger partial charge in [0.05, 0.1) is 17.4 Å². The molecule has 3 nitrogen and oxygen atoms in total. The lowest BCUT2D eigenvalue weighted by atomic mass is 10.1. The maximum Gasteiger partial charge on any atom is 0.434 e. The molecule has 7 heteroatoms. The number of carbonyl (C=O) groups is 1. The Labute approximate surface area is 105 Å². The van der Waals surface area contributed by atoms with Gasteiger partial charge in [0.1, 0.15) is 5.82 Å². The van der Waals surface area contributed by atoms with Crippen LogP contribution in [0.3, 0.4) is 0 Å². The number of nitrogens with zero attached hydrogens (tertiary/aromatic N) is 2. The second-order valence-electron chi connectivity index (χ2n) is 3.85. The van der Waals surface area contributed by atoms with Crippen molar-refractivity contribution in [3.05, 3.63) is 47.5 Å².